The maximum atomic E-state index is 13.1. The Labute approximate surface area is 89.3 Å². The molecule has 0 spiro atoms. The van der Waals surface area contributed by atoms with Gasteiger partial charge in [-0.15, -0.1) is 0 Å². The highest BCUT2D eigenvalue weighted by Gasteiger charge is 2.12. The molecule has 0 atom stereocenters. The largest absolute Gasteiger partial charge is 0.298 e. The molecule has 0 saturated heterocycles. The van der Waals surface area contributed by atoms with E-state index >= 15 is 0 Å². The van der Waals surface area contributed by atoms with E-state index in [1.807, 2.05) is 18.2 Å². The molecule has 1 nitrogen and oxygen atoms in total. The molecule has 0 aliphatic carbocycles. The molecule has 0 saturated carbocycles. The van der Waals surface area contributed by atoms with Gasteiger partial charge in [0.2, 0.25) is 0 Å². The summed E-state index contributed by atoms with van der Waals surface area (Å²) in [6.45, 7) is 0. The summed E-state index contributed by atoms with van der Waals surface area (Å²) in [5, 5.41) is 2.04. The summed E-state index contributed by atoms with van der Waals surface area (Å²) in [6, 6.07) is 11.0. The van der Waals surface area contributed by atoms with Gasteiger partial charge in [0.15, 0.2) is 0 Å². The van der Waals surface area contributed by atoms with E-state index in [1.54, 1.807) is 6.07 Å². The van der Waals surface area contributed by atoms with E-state index in [2.05, 4.69) is 27.2 Å². The fraction of sp³-hybridized carbons (Fsp3) is 0.231. The Kier molecular flexibility index (Phi) is 2.24. The van der Waals surface area contributed by atoms with Crippen LogP contribution in [0.25, 0.3) is 10.8 Å². The number of benzene rings is 2. The van der Waals surface area contributed by atoms with Gasteiger partial charge in [-0.2, -0.15) is 0 Å². The topological polar surface area (TPSA) is 0 Å². The summed E-state index contributed by atoms with van der Waals surface area (Å²) in [5.74, 6) is -0.180. The van der Waals surface area contributed by atoms with E-state index < -0.39 is 0 Å². The van der Waals surface area contributed by atoms with Crippen LogP contribution in [0.15, 0.2) is 36.4 Å². The van der Waals surface area contributed by atoms with Crippen LogP contribution >= 0.6 is 0 Å². The predicted octanol–water partition coefficient (Wildman–Crippen LogP) is 3.18. The molecular weight excluding hydrogens is 189 g/mol. The van der Waals surface area contributed by atoms with Crippen LogP contribution < -0.4 is 4.48 Å². The minimum absolute atomic E-state index is 0.180. The molecule has 0 bridgehead atoms. The molecule has 0 radical (unpaired) electrons. The van der Waals surface area contributed by atoms with Gasteiger partial charge in [0.05, 0.1) is 21.1 Å². The van der Waals surface area contributed by atoms with Gasteiger partial charge >= 0.3 is 0 Å². The predicted molar refractivity (Wildman–Crippen MR) is 63.5 cm³/mol. The Bertz CT molecular complexity index is 497. The first-order chi connectivity index (χ1) is 6.97. The van der Waals surface area contributed by atoms with Crippen LogP contribution in [0, 0.1) is 5.82 Å². The third-order valence-corrected chi connectivity index (χ3v) is 2.56. The summed E-state index contributed by atoms with van der Waals surface area (Å²) < 4.78 is 13.8. The van der Waals surface area contributed by atoms with Crippen molar-refractivity contribution in [2.45, 2.75) is 0 Å². The highest BCUT2D eigenvalue weighted by Crippen LogP contribution is 2.24. The number of nitrogens with zero attached hydrogens (tertiary/aromatic N) is 1. The van der Waals surface area contributed by atoms with Crippen molar-refractivity contribution in [2.24, 2.45) is 0 Å². The van der Waals surface area contributed by atoms with Crippen molar-refractivity contribution in [3.05, 3.63) is 42.2 Å². The standard InChI is InChI=1S/C13H15FN/c1-15(2,3)13-7-5-10-4-6-12(14)8-11(10)9-13/h4-9H,1-3H3/q+1. The quantitative estimate of drug-likeness (QED) is 0.626. The molecule has 0 heterocycles. The molecular formula is C13H15FN+. The van der Waals surface area contributed by atoms with Crippen LogP contribution in [0.3, 0.4) is 0 Å². The maximum Gasteiger partial charge on any atom is 0.132 e. The van der Waals surface area contributed by atoms with Crippen molar-refractivity contribution in [1.82, 2.24) is 4.48 Å². The highest BCUT2D eigenvalue weighted by molar-refractivity contribution is 5.85. The monoisotopic (exact) mass is 204 g/mol. The van der Waals surface area contributed by atoms with Crippen LogP contribution in [-0.4, -0.2) is 21.1 Å². The average molecular weight is 204 g/mol. The first-order valence-electron chi connectivity index (χ1n) is 4.98. The lowest BCUT2D eigenvalue weighted by molar-refractivity contribution is 0.487. The van der Waals surface area contributed by atoms with Gasteiger partial charge in [-0.1, -0.05) is 6.07 Å². The molecule has 0 aromatic heterocycles. The second-order valence-corrected chi connectivity index (χ2v) is 4.69. The van der Waals surface area contributed by atoms with Gasteiger partial charge in [0, 0.05) is 6.07 Å². The lowest BCUT2D eigenvalue weighted by Crippen LogP contribution is -2.34. The zero-order valence-electron chi connectivity index (χ0n) is 9.29. The third-order valence-electron chi connectivity index (χ3n) is 2.56. The van der Waals surface area contributed by atoms with E-state index in [-0.39, 0.29) is 5.82 Å². The Balaban J connectivity index is 2.64. The number of quaternary nitrogens is 1. The number of hydrogen-bond acceptors (Lipinski definition) is 0. The molecule has 0 N–H and O–H groups in total. The molecule has 0 aliphatic heterocycles. The summed E-state index contributed by atoms with van der Waals surface area (Å²) in [6.07, 6.45) is 0. The van der Waals surface area contributed by atoms with Gasteiger partial charge in [-0.25, -0.2) is 4.39 Å². The second kappa shape index (κ2) is 3.31. The number of rotatable bonds is 1. The molecule has 2 heteroatoms. The molecule has 15 heavy (non-hydrogen) atoms. The van der Waals surface area contributed by atoms with Crippen molar-refractivity contribution in [1.29, 1.82) is 0 Å². The summed E-state index contributed by atoms with van der Waals surface area (Å²) in [5.41, 5.74) is 1.17. The van der Waals surface area contributed by atoms with Crippen LogP contribution in [0.4, 0.5) is 10.1 Å². The molecule has 0 fully saturated rings. The third kappa shape index (κ3) is 2.00. The number of hydrogen-bond donors (Lipinski definition) is 0. The van der Waals surface area contributed by atoms with E-state index in [9.17, 15) is 4.39 Å². The van der Waals surface area contributed by atoms with E-state index in [0.717, 1.165) is 15.3 Å². The van der Waals surface area contributed by atoms with Gasteiger partial charge < -0.3 is 0 Å². The summed E-state index contributed by atoms with van der Waals surface area (Å²) in [7, 11) is 6.29. The van der Waals surface area contributed by atoms with Crippen molar-refractivity contribution in [3.8, 4) is 0 Å². The van der Waals surface area contributed by atoms with Gasteiger partial charge in [0.1, 0.15) is 11.5 Å². The lowest BCUT2D eigenvalue weighted by atomic mass is 10.1. The summed E-state index contributed by atoms with van der Waals surface area (Å²) in [4.78, 5) is 0. The van der Waals surface area contributed by atoms with Crippen LogP contribution in [0.5, 0.6) is 0 Å². The minimum Gasteiger partial charge on any atom is -0.298 e. The highest BCUT2D eigenvalue weighted by atomic mass is 19.1. The second-order valence-electron chi connectivity index (χ2n) is 4.69. The Morgan fingerprint density at radius 1 is 0.867 bits per heavy atom. The van der Waals surface area contributed by atoms with Gasteiger partial charge in [-0.05, 0) is 35.0 Å². The molecule has 2 aromatic rings. The van der Waals surface area contributed by atoms with Crippen molar-refractivity contribution in [3.63, 3.8) is 0 Å². The van der Waals surface area contributed by atoms with Gasteiger partial charge in [0.25, 0.3) is 0 Å². The van der Waals surface area contributed by atoms with E-state index in [0.29, 0.717) is 0 Å². The smallest absolute Gasteiger partial charge is 0.132 e. The SMILES string of the molecule is C[N+](C)(C)c1ccc2ccc(F)cc2c1. The number of halogens is 1. The lowest BCUT2D eigenvalue weighted by Gasteiger charge is -2.23. The maximum absolute atomic E-state index is 13.1. The normalized spacial score (nSPS) is 12.0. The van der Waals surface area contributed by atoms with Crippen molar-refractivity contribution < 1.29 is 4.39 Å². The van der Waals surface area contributed by atoms with Gasteiger partial charge in [-0.3, -0.25) is 4.48 Å². The minimum atomic E-state index is -0.180. The summed E-state index contributed by atoms with van der Waals surface area (Å²) >= 11 is 0. The van der Waals surface area contributed by atoms with E-state index in [4.69, 9.17) is 0 Å². The first-order valence-corrected chi connectivity index (χ1v) is 4.98. The van der Waals surface area contributed by atoms with Crippen molar-refractivity contribution in [2.75, 3.05) is 21.1 Å². The molecule has 0 unspecified atom stereocenters. The first kappa shape index (κ1) is 10.1. The molecule has 0 aliphatic rings. The molecule has 0 amide bonds. The fourth-order valence-corrected chi connectivity index (χ4v) is 1.62. The molecule has 2 rings (SSSR count). The molecule has 78 valence electrons. The fourth-order valence-electron chi connectivity index (χ4n) is 1.62. The Morgan fingerprint density at radius 2 is 1.53 bits per heavy atom. The van der Waals surface area contributed by atoms with Crippen LogP contribution in [0.2, 0.25) is 0 Å². The Hall–Kier alpha value is -1.41. The zero-order valence-corrected chi connectivity index (χ0v) is 9.29. The van der Waals surface area contributed by atoms with Crippen LogP contribution in [-0.2, 0) is 0 Å². The Morgan fingerprint density at radius 3 is 2.20 bits per heavy atom. The molecule has 2 aromatic carbocycles. The van der Waals surface area contributed by atoms with Crippen molar-refractivity contribution >= 4 is 16.5 Å². The number of fused-ring (bicyclic) bond motifs is 1. The van der Waals surface area contributed by atoms with Crippen LogP contribution in [0.1, 0.15) is 0 Å². The zero-order chi connectivity index (χ0) is 11.1. The van der Waals surface area contributed by atoms with E-state index in [1.165, 1.54) is 11.8 Å². The average Bonchev–Trinajstić information content (AvgIpc) is 2.15.